The Morgan fingerprint density at radius 2 is 1.54 bits per heavy atom. The lowest BCUT2D eigenvalue weighted by molar-refractivity contribution is -0.144. The molecule has 2 rings (SSSR count). The predicted molar refractivity (Wildman–Crippen MR) is 102 cm³/mol. The summed E-state index contributed by atoms with van der Waals surface area (Å²) >= 11 is 5.99. The largest absolute Gasteiger partial charge is 0.465 e. The Labute approximate surface area is 157 Å². The van der Waals surface area contributed by atoms with E-state index in [1.807, 2.05) is 32.0 Å². The first kappa shape index (κ1) is 19.5. The van der Waals surface area contributed by atoms with E-state index in [0.717, 1.165) is 22.5 Å². The van der Waals surface area contributed by atoms with Gasteiger partial charge < -0.3 is 14.4 Å². The van der Waals surface area contributed by atoms with Crippen molar-refractivity contribution in [2.45, 2.75) is 13.8 Å². The summed E-state index contributed by atoms with van der Waals surface area (Å²) in [5.74, 6) is -1.55. The van der Waals surface area contributed by atoms with Gasteiger partial charge in [-0.1, -0.05) is 23.7 Å². The van der Waals surface area contributed by atoms with Crippen LogP contribution in [0.5, 0.6) is 0 Å². The van der Waals surface area contributed by atoms with Crippen molar-refractivity contribution in [3.8, 4) is 0 Å². The summed E-state index contributed by atoms with van der Waals surface area (Å²) in [5, 5.41) is 0.583. The van der Waals surface area contributed by atoms with Crippen LogP contribution in [-0.2, 0) is 19.1 Å². The lowest BCUT2D eigenvalue weighted by Crippen LogP contribution is -2.21. The normalized spacial score (nSPS) is 10.0. The van der Waals surface area contributed by atoms with Gasteiger partial charge in [-0.05, 0) is 55.3 Å². The Morgan fingerprint density at radius 1 is 0.962 bits per heavy atom. The zero-order valence-electron chi connectivity index (χ0n) is 15.1. The van der Waals surface area contributed by atoms with Crippen molar-refractivity contribution in [1.82, 2.24) is 0 Å². The summed E-state index contributed by atoms with van der Waals surface area (Å²) < 4.78 is 9.45. The number of aryl methyl sites for hydroxylation is 2. The first-order valence-electron chi connectivity index (χ1n) is 7.88. The van der Waals surface area contributed by atoms with Gasteiger partial charge in [0, 0.05) is 22.6 Å². The molecule has 0 heterocycles. The van der Waals surface area contributed by atoms with Gasteiger partial charge in [0.2, 0.25) is 0 Å². The fourth-order valence-corrected chi connectivity index (χ4v) is 2.53. The highest BCUT2D eigenvalue weighted by atomic mass is 35.5. The van der Waals surface area contributed by atoms with Crippen LogP contribution >= 0.6 is 11.6 Å². The van der Waals surface area contributed by atoms with Crippen LogP contribution in [0, 0.1) is 13.8 Å². The molecule has 6 heteroatoms. The van der Waals surface area contributed by atoms with E-state index < -0.39 is 11.9 Å². The number of methoxy groups -OCH3 is 2. The fourth-order valence-electron chi connectivity index (χ4n) is 2.40. The van der Waals surface area contributed by atoms with E-state index in [0.29, 0.717) is 5.02 Å². The van der Waals surface area contributed by atoms with Gasteiger partial charge in [0.05, 0.1) is 14.2 Å². The van der Waals surface area contributed by atoms with Crippen LogP contribution in [0.4, 0.5) is 11.4 Å². The molecular weight excluding hydrogens is 354 g/mol. The number of carbonyl (C=O) groups excluding carboxylic acids is 2. The van der Waals surface area contributed by atoms with Crippen molar-refractivity contribution in [2.24, 2.45) is 0 Å². The Bertz CT molecular complexity index is 825. The van der Waals surface area contributed by atoms with Crippen molar-refractivity contribution >= 4 is 34.9 Å². The van der Waals surface area contributed by atoms with E-state index in [2.05, 4.69) is 0 Å². The maximum absolute atomic E-state index is 12.1. The highest BCUT2D eigenvalue weighted by Gasteiger charge is 2.23. The lowest BCUT2D eigenvalue weighted by atomic mass is 10.1. The summed E-state index contributed by atoms with van der Waals surface area (Å²) in [4.78, 5) is 25.9. The maximum Gasteiger partial charge on any atom is 0.346 e. The van der Waals surface area contributed by atoms with Crippen LogP contribution < -0.4 is 4.90 Å². The standard InChI is InChI=1S/C20H20ClNO4/c1-13-5-6-14(2)18(11-13)22(16-9-7-15(21)8-10-16)12-17(19(23)25-3)20(24)26-4/h5-12H,1-4H3. The van der Waals surface area contributed by atoms with Crippen LogP contribution in [0.3, 0.4) is 0 Å². The van der Waals surface area contributed by atoms with Crippen molar-refractivity contribution in [2.75, 3.05) is 19.1 Å². The van der Waals surface area contributed by atoms with E-state index in [4.69, 9.17) is 21.1 Å². The minimum absolute atomic E-state index is 0.217. The quantitative estimate of drug-likeness (QED) is 0.338. The second-order valence-electron chi connectivity index (χ2n) is 5.66. The van der Waals surface area contributed by atoms with E-state index in [9.17, 15) is 9.59 Å². The molecule has 2 aromatic rings. The number of carbonyl (C=O) groups is 2. The number of hydrogen-bond donors (Lipinski definition) is 0. The molecule has 26 heavy (non-hydrogen) atoms. The van der Waals surface area contributed by atoms with Crippen molar-refractivity contribution in [1.29, 1.82) is 0 Å². The number of hydrogen-bond acceptors (Lipinski definition) is 5. The second-order valence-corrected chi connectivity index (χ2v) is 6.10. The molecule has 0 unspecified atom stereocenters. The molecule has 0 atom stereocenters. The molecule has 0 bridgehead atoms. The van der Waals surface area contributed by atoms with Gasteiger partial charge in [-0.2, -0.15) is 0 Å². The molecular formula is C20H20ClNO4. The summed E-state index contributed by atoms with van der Waals surface area (Å²) in [5.41, 5.74) is 3.34. The zero-order valence-corrected chi connectivity index (χ0v) is 15.8. The highest BCUT2D eigenvalue weighted by molar-refractivity contribution is 6.30. The number of ether oxygens (including phenoxy) is 2. The molecule has 0 aliphatic carbocycles. The van der Waals surface area contributed by atoms with Crippen LogP contribution in [-0.4, -0.2) is 26.2 Å². The molecule has 0 aromatic heterocycles. The Morgan fingerprint density at radius 3 is 2.08 bits per heavy atom. The Hall–Kier alpha value is -2.79. The third-order valence-corrected chi connectivity index (χ3v) is 4.05. The molecule has 0 aliphatic rings. The van der Waals surface area contributed by atoms with Crippen LogP contribution in [0.2, 0.25) is 5.02 Å². The molecule has 2 aromatic carbocycles. The van der Waals surface area contributed by atoms with Crippen LogP contribution in [0.15, 0.2) is 54.2 Å². The molecule has 5 nitrogen and oxygen atoms in total. The first-order valence-corrected chi connectivity index (χ1v) is 8.25. The number of esters is 2. The Kier molecular flexibility index (Phi) is 6.41. The molecule has 0 saturated carbocycles. The molecule has 0 saturated heterocycles. The van der Waals surface area contributed by atoms with Gasteiger partial charge in [0.15, 0.2) is 5.57 Å². The van der Waals surface area contributed by atoms with Gasteiger partial charge in [0.25, 0.3) is 0 Å². The minimum atomic E-state index is -0.777. The number of anilines is 2. The van der Waals surface area contributed by atoms with Crippen LogP contribution in [0.25, 0.3) is 0 Å². The van der Waals surface area contributed by atoms with Gasteiger partial charge in [-0.3, -0.25) is 0 Å². The summed E-state index contributed by atoms with van der Waals surface area (Å²) in [7, 11) is 2.42. The van der Waals surface area contributed by atoms with Gasteiger partial charge in [-0.25, -0.2) is 9.59 Å². The molecule has 0 radical (unpaired) electrons. The topological polar surface area (TPSA) is 55.8 Å². The zero-order chi connectivity index (χ0) is 19.3. The minimum Gasteiger partial charge on any atom is -0.465 e. The first-order chi connectivity index (χ1) is 12.4. The smallest absolute Gasteiger partial charge is 0.346 e. The third kappa shape index (κ3) is 4.43. The third-order valence-electron chi connectivity index (χ3n) is 3.80. The molecule has 0 fully saturated rings. The molecule has 0 aliphatic heterocycles. The molecule has 136 valence electrons. The van der Waals surface area contributed by atoms with E-state index in [1.165, 1.54) is 20.4 Å². The Balaban J connectivity index is 2.68. The van der Waals surface area contributed by atoms with Gasteiger partial charge in [0.1, 0.15) is 0 Å². The fraction of sp³-hybridized carbons (Fsp3) is 0.200. The number of rotatable bonds is 5. The summed E-state index contributed by atoms with van der Waals surface area (Å²) in [6.45, 7) is 3.91. The van der Waals surface area contributed by atoms with Gasteiger partial charge in [-0.15, -0.1) is 0 Å². The predicted octanol–water partition coefficient (Wildman–Crippen LogP) is 4.32. The van der Waals surface area contributed by atoms with Crippen LogP contribution in [0.1, 0.15) is 11.1 Å². The van der Waals surface area contributed by atoms with E-state index in [1.54, 1.807) is 29.2 Å². The molecule has 0 spiro atoms. The number of benzene rings is 2. The van der Waals surface area contributed by atoms with Gasteiger partial charge >= 0.3 is 11.9 Å². The van der Waals surface area contributed by atoms with E-state index in [-0.39, 0.29) is 5.57 Å². The average Bonchev–Trinajstić information content (AvgIpc) is 2.64. The van der Waals surface area contributed by atoms with Crippen molar-refractivity contribution in [3.05, 3.63) is 70.4 Å². The van der Waals surface area contributed by atoms with E-state index >= 15 is 0 Å². The monoisotopic (exact) mass is 373 g/mol. The second kappa shape index (κ2) is 8.54. The molecule has 0 amide bonds. The SMILES string of the molecule is COC(=O)C(=CN(c1ccc(Cl)cc1)c1cc(C)ccc1C)C(=O)OC. The molecule has 0 N–H and O–H groups in total. The van der Waals surface area contributed by atoms with Crippen molar-refractivity contribution < 1.29 is 19.1 Å². The number of nitrogens with zero attached hydrogens (tertiary/aromatic N) is 1. The lowest BCUT2D eigenvalue weighted by Gasteiger charge is -2.24. The summed E-state index contributed by atoms with van der Waals surface area (Å²) in [6, 6.07) is 13.0. The average molecular weight is 374 g/mol. The summed E-state index contributed by atoms with van der Waals surface area (Å²) in [6.07, 6.45) is 1.42. The number of halogens is 1. The maximum atomic E-state index is 12.1. The van der Waals surface area contributed by atoms with Crippen molar-refractivity contribution in [3.63, 3.8) is 0 Å². The highest BCUT2D eigenvalue weighted by Crippen LogP contribution is 2.31.